The van der Waals surface area contributed by atoms with Crippen molar-refractivity contribution in [3.8, 4) is 5.75 Å². The first-order valence-corrected chi connectivity index (χ1v) is 7.44. The van der Waals surface area contributed by atoms with Crippen LogP contribution in [0.15, 0.2) is 71.7 Å². The van der Waals surface area contributed by atoms with Crippen molar-refractivity contribution < 1.29 is 4.74 Å². The number of nitrogens with one attached hydrogen (secondary N) is 1. The van der Waals surface area contributed by atoms with Gasteiger partial charge in [-0.1, -0.05) is 54.6 Å². The van der Waals surface area contributed by atoms with E-state index in [0.717, 1.165) is 17.0 Å². The molecule has 0 bridgehead atoms. The molecule has 3 rings (SSSR count). The van der Waals surface area contributed by atoms with E-state index in [4.69, 9.17) is 10.5 Å². The van der Waals surface area contributed by atoms with Crippen LogP contribution in [0.3, 0.4) is 0 Å². The van der Waals surface area contributed by atoms with Crippen LogP contribution in [0.4, 0.5) is 5.69 Å². The molecule has 0 heterocycles. The zero-order valence-electron chi connectivity index (χ0n) is 13.0. The Kier molecular flexibility index (Phi) is 4.43. The summed E-state index contributed by atoms with van der Waals surface area (Å²) in [6.07, 6.45) is 0. The van der Waals surface area contributed by atoms with Gasteiger partial charge in [-0.2, -0.15) is 0 Å². The monoisotopic (exact) mass is 305 g/mol. The number of hydrogen-bond acceptors (Lipinski definition) is 2. The third-order valence-corrected chi connectivity index (χ3v) is 3.67. The van der Waals surface area contributed by atoms with E-state index in [0.29, 0.717) is 12.5 Å². The second-order valence-corrected chi connectivity index (χ2v) is 5.17. The maximum Gasteiger partial charge on any atom is 0.193 e. The molecule has 0 unspecified atom stereocenters. The van der Waals surface area contributed by atoms with Gasteiger partial charge in [0.05, 0.1) is 19.3 Å². The molecule has 3 aromatic rings. The SMILES string of the molecule is COc1ccccc1NC(N)=NCc1cccc2ccccc12. The Bertz CT molecular complexity index is 837. The minimum absolute atomic E-state index is 0.363. The summed E-state index contributed by atoms with van der Waals surface area (Å²) >= 11 is 0. The van der Waals surface area contributed by atoms with Gasteiger partial charge in [-0.25, -0.2) is 4.99 Å². The molecule has 0 spiro atoms. The molecule has 4 heteroatoms. The maximum atomic E-state index is 6.00. The first-order chi connectivity index (χ1) is 11.3. The zero-order chi connectivity index (χ0) is 16.1. The van der Waals surface area contributed by atoms with Crippen LogP contribution in [-0.4, -0.2) is 13.1 Å². The summed E-state index contributed by atoms with van der Waals surface area (Å²) < 4.78 is 5.29. The quantitative estimate of drug-likeness (QED) is 0.570. The molecule has 0 aromatic heterocycles. The smallest absolute Gasteiger partial charge is 0.193 e. The van der Waals surface area contributed by atoms with Crippen molar-refractivity contribution in [2.24, 2.45) is 10.7 Å². The van der Waals surface area contributed by atoms with E-state index < -0.39 is 0 Å². The molecule has 0 saturated carbocycles. The fourth-order valence-electron chi connectivity index (χ4n) is 2.53. The van der Waals surface area contributed by atoms with E-state index in [-0.39, 0.29) is 0 Å². The number of para-hydroxylation sites is 2. The highest BCUT2D eigenvalue weighted by molar-refractivity contribution is 5.94. The van der Waals surface area contributed by atoms with Crippen molar-refractivity contribution in [3.63, 3.8) is 0 Å². The fraction of sp³-hybridized carbons (Fsp3) is 0.105. The van der Waals surface area contributed by atoms with Crippen molar-refractivity contribution in [1.29, 1.82) is 0 Å². The molecule has 3 N–H and O–H groups in total. The molecule has 0 aliphatic rings. The number of hydrogen-bond donors (Lipinski definition) is 2. The Morgan fingerprint density at radius 3 is 2.61 bits per heavy atom. The Morgan fingerprint density at radius 1 is 1.00 bits per heavy atom. The van der Waals surface area contributed by atoms with Crippen LogP contribution in [0.2, 0.25) is 0 Å². The van der Waals surface area contributed by atoms with Gasteiger partial charge in [-0.3, -0.25) is 0 Å². The molecule has 0 amide bonds. The van der Waals surface area contributed by atoms with Crippen molar-refractivity contribution in [3.05, 3.63) is 72.3 Å². The van der Waals surface area contributed by atoms with Gasteiger partial charge in [0.1, 0.15) is 5.75 Å². The average Bonchev–Trinajstić information content (AvgIpc) is 2.60. The molecule has 0 aliphatic heterocycles. The third kappa shape index (κ3) is 3.43. The number of methoxy groups -OCH3 is 1. The minimum Gasteiger partial charge on any atom is -0.495 e. The van der Waals surface area contributed by atoms with Crippen molar-refractivity contribution in [1.82, 2.24) is 0 Å². The number of rotatable bonds is 4. The lowest BCUT2D eigenvalue weighted by Gasteiger charge is -2.10. The predicted molar refractivity (Wildman–Crippen MR) is 95.9 cm³/mol. The van der Waals surface area contributed by atoms with E-state index in [2.05, 4.69) is 34.6 Å². The Labute approximate surface area is 135 Å². The van der Waals surface area contributed by atoms with Gasteiger partial charge in [0, 0.05) is 0 Å². The van der Waals surface area contributed by atoms with Gasteiger partial charge in [-0.15, -0.1) is 0 Å². The number of nitrogens with two attached hydrogens (primary N) is 1. The minimum atomic E-state index is 0.363. The Morgan fingerprint density at radius 2 is 1.74 bits per heavy atom. The predicted octanol–water partition coefficient (Wildman–Crippen LogP) is 3.78. The summed E-state index contributed by atoms with van der Waals surface area (Å²) in [6, 6.07) is 22.1. The van der Waals surface area contributed by atoms with E-state index in [1.54, 1.807) is 7.11 Å². The van der Waals surface area contributed by atoms with Crippen LogP contribution in [-0.2, 0) is 6.54 Å². The summed E-state index contributed by atoms with van der Waals surface area (Å²) in [5.41, 5.74) is 7.95. The van der Waals surface area contributed by atoms with Crippen LogP contribution in [0.25, 0.3) is 10.8 Å². The third-order valence-electron chi connectivity index (χ3n) is 3.67. The largest absolute Gasteiger partial charge is 0.495 e. The number of guanidine groups is 1. The molecule has 0 saturated heterocycles. The van der Waals surface area contributed by atoms with Crippen molar-refractivity contribution >= 4 is 22.4 Å². The van der Waals surface area contributed by atoms with Gasteiger partial charge in [0.15, 0.2) is 5.96 Å². The van der Waals surface area contributed by atoms with Crippen molar-refractivity contribution in [2.75, 3.05) is 12.4 Å². The summed E-state index contributed by atoms with van der Waals surface area (Å²) in [5.74, 6) is 1.10. The first-order valence-electron chi connectivity index (χ1n) is 7.44. The van der Waals surface area contributed by atoms with E-state index in [1.165, 1.54) is 10.8 Å². The van der Waals surface area contributed by atoms with E-state index in [1.807, 2.05) is 42.5 Å². The lowest BCUT2D eigenvalue weighted by Crippen LogP contribution is -2.22. The van der Waals surface area contributed by atoms with Crippen molar-refractivity contribution in [2.45, 2.75) is 6.54 Å². The van der Waals surface area contributed by atoms with Crippen LogP contribution >= 0.6 is 0 Å². The molecule has 116 valence electrons. The summed E-state index contributed by atoms with van der Waals surface area (Å²) in [6.45, 7) is 0.523. The van der Waals surface area contributed by atoms with Gasteiger partial charge in [-0.05, 0) is 28.5 Å². The molecule has 0 aliphatic carbocycles. The number of aliphatic imine (C=N–C) groups is 1. The Hall–Kier alpha value is -3.01. The standard InChI is InChI=1S/C19H19N3O/c1-23-18-12-5-4-11-17(18)22-19(20)21-13-15-9-6-8-14-7-2-3-10-16(14)15/h2-12H,13H2,1H3,(H3,20,21,22). The molecular weight excluding hydrogens is 286 g/mol. The van der Waals surface area contributed by atoms with Crippen LogP contribution in [0, 0.1) is 0 Å². The van der Waals surface area contributed by atoms with E-state index in [9.17, 15) is 0 Å². The van der Waals surface area contributed by atoms with Crippen LogP contribution in [0.1, 0.15) is 5.56 Å². The number of benzene rings is 3. The molecule has 23 heavy (non-hydrogen) atoms. The van der Waals surface area contributed by atoms with Crippen LogP contribution < -0.4 is 15.8 Å². The van der Waals surface area contributed by atoms with E-state index >= 15 is 0 Å². The zero-order valence-corrected chi connectivity index (χ0v) is 13.0. The number of nitrogens with zero attached hydrogens (tertiary/aromatic N) is 1. The molecule has 0 fully saturated rings. The molecule has 0 radical (unpaired) electrons. The second kappa shape index (κ2) is 6.83. The second-order valence-electron chi connectivity index (χ2n) is 5.17. The molecule has 3 aromatic carbocycles. The van der Waals surface area contributed by atoms with Gasteiger partial charge < -0.3 is 15.8 Å². The molecule has 0 atom stereocenters. The highest BCUT2D eigenvalue weighted by atomic mass is 16.5. The highest BCUT2D eigenvalue weighted by Gasteiger charge is 2.03. The Balaban J connectivity index is 1.79. The topological polar surface area (TPSA) is 59.6 Å². The lowest BCUT2D eigenvalue weighted by molar-refractivity contribution is 0.417. The fourth-order valence-corrected chi connectivity index (χ4v) is 2.53. The van der Waals surface area contributed by atoms with Gasteiger partial charge in [0.25, 0.3) is 0 Å². The lowest BCUT2D eigenvalue weighted by atomic mass is 10.1. The van der Waals surface area contributed by atoms with Gasteiger partial charge in [0.2, 0.25) is 0 Å². The normalized spacial score (nSPS) is 11.4. The summed E-state index contributed by atoms with van der Waals surface area (Å²) in [4.78, 5) is 4.44. The molecule has 4 nitrogen and oxygen atoms in total. The number of fused-ring (bicyclic) bond motifs is 1. The van der Waals surface area contributed by atoms with Crippen LogP contribution in [0.5, 0.6) is 5.75 Å². The number of ether oxygens (including phenoxy) is 1. The van der Waals surface area contributed by atoms with Gasteiger partial charge >= 0.3 is 0 Å². The maximum absolute atomic E-state index is 6.00. The number of anilines is 1. The average molecular weight is 305 g/mol. The molecular formula is C19H19N3O. The first kappa shape index (κ1) is 14.9. The summed E-state index contributed by atoms with van der Waals surface area (Å²) in [7, 11) is 1.63. The highest BCUT2D eigenvalue weighted by Crippen LogP contribution is 2.23. The summed E-state index contributed by atoms with van der Waals surface area (Å²) in [5, 5.41) is 5.49.